The molecule has 2 aromatic heterocycles. The van der Waals surface area contributed by atoms with Crippen LogP contribution in [0.2, 0.25) is 5.02 Å². The van der Waals surface area contributed by atoms with E-state index in [0.29, 0.717) is 16.4 Å². The number of aromatic nitrogens is 2. The summed E-state index contributed by atoms with van der Waals surface area (Å²) in [7, 11) is -3.79. The smallest absolute Gasteiger partial charge is 0.241 e. The van der Waals surface area contributed by atoms with Crippen molar-refractivity contribution in [1.82, 2.24) is 14.1 Å². The van der Waals surface area contributed by atoms with E-state index < -0.39 is 15.8 Å². The number of pyridine rings is 1. The number of halogens is 2. The highest BCUT2D eigenvalue weighted by atomic mass is 35.5. The van der Waals surface area contributed by atoms with Gasteiger partial charge < -0.3 is 4.40 Å². The molecule has 0 radical (unpaired) electrons. The third-order valence-corrected chi connectivity index (χ3v) is 4.64. The van der Waals surface area contributed by atoms with Gasteiger partial charge in [0.25, 0.3) is 0 Å². The summed E-state index contributed by atoms with van der Waals surface area (Å²) in [6.45, 7) is -0.00184. The molecule has 3 rings (SSSR count). The van der Waals surface area contributed by atoms with Gasteiger partial charge in [-0.15, -0.1) is 0 Å². The van der Waals surface area contributed by atoms with Crippen molar-refractivity contribution in [3.63, 3.8) is 0 Å². The lowest BCUT2D eigenvalue weighted by atomic mass is 10.4. The van der Waals surface area contributed by atoms with E-state index >= 15 is 0 Å². The van der Waals surface area contributed by atoms with Crippen molar-refractivity contribution in [2.75, 3.05) is 0 Å². The summed E-state index contributed by atoms with van der Waals surface area (Å²) in [4.78, 5) is 4.15. The van der Waals surface area contributed by atoms with Crippen LogP contribution in [0.3, 0.4) is 0 Å². The van der Waals surface area contributed by atoms with Gasteiger partial charge in [-0.1, -0.05) is 17.7 Å². The van der Waals surface area contributed by atoms with Crippen LogP contribution in [0.25, 0.3) is 5.65 Å². The molecule has 0 aliphatic heterocycles. The van der Waals surface area contributed by atoms with Gasteiger partial charge in [0.2, 0.25) is 10.0 Å². The number of benzene rings is 1. The molecule has 0 aliphatic carbocycles. The van der Waals surface area contributed by atoms with Gasteiger partial charge in [0.05, 0.1) is 22.2 Å². The van der Waals surface area contributed by atoms with Crippen LogP contribution >= 0.6 is 11.6 Å². The fraction of sp³-hybridized carbons (Fsp3) is 0.0714. The third-order valence-electron chi connectivity index (χ3n) is 3.01. The fourth-order valence-electron chi connectivity index (χ4n) is 1.99. The standard InChI is InChI=1S/C14H11ClFN3O2S/c15-10-4-5-14-18-12(9-19(14)8-10)7-17-22(20,21)13-3-1-2-11(16)6-13/h1-6,8-9,17H,7H2. The highest BCUT2D eigenvalue weighted by Gasteiger charge is 2.15. The number of rotatable bonds is 4. The average Bonchev–Trinajstić information content (AvgIpc) is 2.87. The summed E-state index contributed by atoms with van der Waals surface area (Å²) < 4.78 is 41.4. The maximum absolute atomic E-state index is 13.1. The SMILES string of the molecule is O=S(=O)(NCc1cn2cc(Cl)ccc2n1)c1cccc(F)c1. The molecule has 1 N–H and O–H groups in total. The minimum atomic E-state index is -3.79. The van der Waals surface area contributed by atoms with E-state index in [-0.39, 0.29) is 11.4 Å². The Morgan fingerprint density at radius 1 is 1.23 bits per heavy atom. The zero-order chi connectivity index (χ0) is 15.7. The van der Waals surface area contributed by atoms with E-state index in [1.165, 1.54) is 18.2 Å². The summed E-state index contributed by atoms with van der Waals surface area (Å²) in [5.41, 5.74) is 1.19. The number of imidazole rings is 1. The van der Waals surface area contributed by atoms with Crippen LogP contribution in [0, 0.1) is 5.82 Å². The molecular formula is C14H11ClFN3O2S. The lowest BCUT2D eigenvalue weighted by molar-refractivity contribution is 0.576. The summed E-state index contributed by atoms with van der Waals surface area (Å²) >= 11 is 5.88. The van der Waals surface area contributed by atoms with Crippen molar-refractivity contribution < 1.29 is 12.8 Å². The summed E-state index contributed by atoms with van der Waals surface area (Å²) in [5, 5.41) is 0.553. The van der Waals surface area contributed by atoms with Crippen LogP contribution in [-0.2, 0) is 16.6 Å². The van der Waals surface area contributed by atoms with Gasteiger partial charge in [-0.05, 0) is 30.3 Å². The second-order valence-electron chi connectivity index (χ2n) is 4.63. The zero-order valence-electron chi connectivity index (χ0n) is 11.2. The van der Waals surface area contributed by atoms with Crippen molar-refractivity contribution in [2.45, 2.75) is 11.4 Å². The lowest BCUT2D eigenvalue weighted by Crippen LogP contribution is -2.23. The van der Waals surface area contributed by atoms with E-state index in [0.717, 1.165) is 6.07 Å². The largest absolute Gasteiger partial charge is 0.305 e. The molecule has 22 heavy (non-hydrogen) atoms. The van der Waals surface area contributed by atoms with E-state index in [4.69, 9.17) is 11.6 Å². The van der Waals surface area contributed by atoms with E-state index in [1.807, 2.05) is 0 Å². The van der Waals surface area contributed by atoms with Crippen LogP contribution in [0.5, 0.6) is 0 Å². The van der Waals surface area contributed by atoms with Gasteiger partial charge in [0.1, 0.15) is 11.5 Å². The molecule has 2 heterocycles. The maximum atomic E-state index is 13.1. The predicted octanol–water partition coefficient (Wildman–Crippen LogP) is 2.61. The van der Waals surface area contributed by atoms with Crippen LogP contribution in [0.1, 0.15) is 5.69 Å². The molecule has 0 amide bonds. The Balaban J connectivity index is 1.81. The molecule has 1 aromatic carbocycles. The molecule has 0 atom stereocenters. The number of hydrogen-bond acceptors (Lipinski definition) is 3. The highest BCUT2D eigenvalue weighted by Crippen LogP contribution is 2.13. The van der Waals surface area contributed by atoms with E-state index in [9.17, 15) is 12.8 Å². The van der Waals surface area contributed by atoms with Crippen molar-refractivity contribution in [1.29, 1.82) is 0 Å². The monoisotopic (exact) mass is 339 g/mol. The van der Waals surface area contributed by atoms with E-state index in [2.05, 4.69) is 9.71 Å². The van der Waals surface area contributed by atoms with Crippen LogP contribution < -0.4 is 4.72 Å². The zero-order valence-corrected chi connectivity index (χ0v) is 12.8. The van der Waals surface area contributed by atoms with Crippen LogP contribution in [-0.4, -0.2) is 17.8 Å². The minimum absolute atomic E-state index is 0.00184. The molecule has 114 valence electrons. The average molecular weight is 340 g/mol. The fourth-order valence-corrected chi connectivity index (χ4v) is 3.19. The molecule has 0 saturated heterocycles. The first-order chi connectivity index (χ1) is 10.4. The van der Waals surface area contributed by atoms with Crippen LogP contribution in [0.15, 0.2) is 53.7 Å². The molecule has 0 aliphatic rings. The number of nitrogens with one attached hydrogen (secondary N) is 1. The Labute approximate surface area is 131 Å². The second kappa shape index (κ2) is 5.68. The molecule has 0 bridgehead atoms. The highest BCUT2D eigenvalue weighted by molar-refractivity contribution is 7.89. The lowest BCUT2D eigenvalue weighted by Gasteiger charge is -2.05. The molecule has 0 unspecified atom stereocenters. The first-order valence-electron chi connectivity index (χ1n) is 6.32. The second-order valence-corrected chi connectivity index (χ2v) is 6.83. The molecule has 8 heteroatoms. The van der Waals surface area contributed by atoms with E-state index in [1.54, 1.807) is 28.9 Å². The van der Waals surface area contributed by atoms with Crippen molar-refractivity contribution in [3.8, 4) is 0 Å². The molecular weight excluding hydrogens is 329 g/mol. The normalized spacial score (nSPS) is 11.9. The Morgan fingerprint density at radius 2 is 2.05 bits per heavy atom. The number of hydrogen-bond donors (Lipinski definition) is 1. The van der Waals surface area contributed by atoms with Gasteiger partial charge in [0, 0.05) is 12.4 Å². The Hall–Kier alpha value is -1.96. The first kappa shape index (κ1) is 15.0. The Bertz CT molecular complexity index is 940. The van der Waals surface area contributed by atoms with Gasteiger partial charge in [-0.25, -0.2) is 22.5 Å². The number of nitrogens with zero attached hydrogens (tertiary/aromatic N) is 2. The topological polar surface area (TPSA) is 63.5 Å². The molecule has 3 aromatic rings. The maximum Gasteiger partial charge on any atom is 0.241 e. The third kappa shape index (κ3) is 3.11. The predicted molar refractivity (Wildman–Crippen MR) is 80.6 cm³/mol. The molecule has 5 nitrogen and oxygen atoms in total. The Morgan fingerprint density at radius 3 is 2.82 bits per heavy atom. The summed E-state index contributed by atoms with van der Waals surface area (Å²) in [6, 6.07) is 8.25. The summed E-state index contributed by atoms with van der Waals surface area (Å²) in [5.74, 6) is -0.606. The quantitative estimate of drug-likeness (QED) is 0.794. The number of fused-ring (bicyclic) bond motifs is 1. The van der Waals surface area contributed by atoms with Crippen molar-refractivity contribution >= 4 is 27.3 Å². The molecule has 0 spiro atoms. The molecule has 0 saturated carbocycles. The van der Waals surface area contributed by atoms with Gasteiger partial charge >= 0.3 is 0 Å². The van der Waals surface area contributed by atoms with Gasteiger partial charge in [-0.3, -0.25) is 0 Å². The Kier molecular flexibility index (Phi) is 3.86. The van der Waals surface area contributed by atoms with Gasteiger partial charge in [0.15, 0.2) is 0 Å². The number of sulfonamides is 1. The minimum Gasteiger partial charge on any atom is -0.305 e. The van der Waals surface area contributed by atoms with Crippen LogP contribution in [0.4, 0.5) is 4.39 Å². The van der Waals surface area contributed by atoms with Crippen molar-refractivity contribution in [2.24, 2.45) is 0 Å². The first-order valence-corrected chi connectivity index (χ1v) is 8.18. The summed E-state index contributed by atoms with van der Waals surface area (Å²) in [6.07, 6.45) is 3.35. The molecule has 0 fully saturated rings. The van der Waals surface area contributed by atoms with Crippen molar-refractivity contribution in [3.05, 3.63) is 65.3 Å². The van der Waals surface area contributed by atoms with Gasteiger partial charge in [-0.2, -0.15) is 0 Å².